The summed E-state index contributed by atoms with van der Waals surface area (Å²) in [6.45, 7) is 1.31. The minimum absolute atomic E-state index is 0.0283. The number of anilines is 1. The molecule has 0 spiro atoms. The van der Waals surface area contributed by atoms with Crippen LogP contribution < -0.4 is 10.5 Å². The van der Waals surface area contributed by atoms with Gasteiger partial charge in [0.05, 0.1) is 56.6 Å². The number of aryl methyl sites for hydroxylation is 1. The Morgan fingerprint density at radius 1 is 1.10 bits per heavy atom. The third kappa shape index (κ3) is 7.10. The molecule has 0 unspecified atom stereocenters. The zero-order valence-electron chi connectivity index (χ0n) is 26.9. The topological polar surface area (TPSA) is 115 Å². The average molecular weight is 741 g/mol. The van der Waals surface area contributed by atoms with E-state index in [0.717, 1.165) is 17.6 Å². The monoisotopic (exact) mass is 740 g/mol. The minimum Gasteiger partial charge on any atom is -0.478 e. The van der Waals surface area contributed by atoms with E-state index in [4.69, 9.17) is 11.6 Å². The molecule has 262 valence electrons. The maximum atomic E-state index is 14.4. The highest BCUT2D eigenvalue weighted by Gasteiger charge is 2.39. The van der Waals surface area contributed by atoms with E-state index in [1.807, 2.05) is 0 Å². The summed E-state index contributed by atoms with van der Waals surface area (Å²) in [7, 11) is 0. The molecule has 16 heteroatoms. The van der Waals surface area contributed by atoms with Gasteiger partial charge in [-0.25, -0.2) is 18.6 Å². The number of alkyl halides is 5. The second-order valence-corrected chi connectivity index (χ2v) is 13.3. The van der Waals surface area contributed by atoms with Gasteiger partial charge in [0, 0.05) is 66.4 Å². The molecule has 1 fully saturated rings. The number of nitriles is 1. The molecule has 1 N–H and O–H groups in total. The fourth-order valence-corrected chi connectivity index (χ4v) is 7.40. The highest BCUT2D eigenvalue weighted by atomic mass is 35.5. The quantitative estimate of drug-likeness (QED) is 0.146. The van der Waals surface area contributed by atoms with E-state index in [9.17, 15) is 41.9 Å². The summed E-state index contributed by atoms with van der Waals surface area (Å²) < 4.78 is 72.3. The number of halogens is 6. The van der Waals surface area contributed by atoms with Gasteiger partial charge < -0.3 is 10.0 Å². The molecule has 0 amide bonds. The van der Waals surface area contributed by atoms with Gasteiger partial charge in [-0.3, -0.25) is 19.2 Å². The van der Waals surface area contributed by atoms with Crippen molar-refractivity contribution in [3.05, 3.63) is 85.4 Å². The molecule has 0 aliphatic carbocycles. The molecule has 1 aliphatic heterocycles. The Morgan fingerprint density at radius 2 is 1.82 bits per heavy atom. The summed E-state index contributed by atoms with van der Waals surface area (Å²) in [6, 6.07) is 9.21. The molecule has 5 aromatic rings. The van der Waals surface area contributed by atoms with E-state index in [1.165, 1.54) is 39.6 Å². The number of hydrogen-bond acceptors (Lipinski definition) is 8. The number of fused-ring (bicyclic) bond motifs is 2. The Hall–Kier alpha value is -5.09. The smallest absolute Gasteiger partial charge is 0.418 e. The zero-order chi connectivity index (χ0) is 36.8. The number of aromatic carboxylic acids is 1. The number of aromatic nitrogens is 3. The molecule has 0 bridgehead atoms. The highest BCUT2D eigenvalue weighted by molar-refractivity contribution is 7.18. The Bertz CT molecular complexity index is 2380. The molecule has 0 atom stereocenters. The molecule has 1 aliphatic rings. The molecule has 1 saturated heterocycles. The number of benzene rings is 2. The summed E-state index contributed by atoms with van der Waals surface area (Å²) in [5, 5.41) is 21.4. The van der Waals surface area contributed by atoms with Gasteiger partial charge in [0.25, 0.3) is 11.5 Å². The molecule has 3 aromatic heterocycles. The van der Waals surface area contributed by atoms with Crippen molar-refractivity contribution in [3.63, 3.8) is 0 Å². The summed E-state index contributed by atoms with van der Waals surface area (Å²) in [4.78, 5) is 36.9. The number of carbonyl (C=O) groups is 1. The lowest BCUT2D eigenvalue weighted by molar-refractivity contribution is -0.137. The lowest BCUT2D eigenvalue weighted by atomic mass is 9.99. The molecule has 2 aromatic carbocycles. The number of carboxylic acid groups (broad SMARTS) is 1. The van der Waals surface area contributed by atoms with Crippen LogP contribution in [0.1, 0.15) is 39.8 Å². The molecule has 0 saturated carbocycles. The lowest BCUT2D eigenvalue weighted by Crippen LogP contribution is -2.50. The summed E-state index contributed by atoms with van der Waals surface area (Å²) in [5.74, 6) is 1.89. The van der Waals surface area contributed by atoms with Crippen molar-refractivity contribution in [3.8, 4) is 29.0 Å². The molecule has 6 rings (SSSR count). The van der Waals surface area contributed by atoms with Crippen LogP contribution in [0.3, 0.4) is 0 Å². The molecule has 51 heavy (non-hydrogen) atoms. The Kier molecular flexibility index (Phi) is 9.50. The summed E-state index contributed by atoms with van der Waals surface area (Å²) >= 11 is 7.53. The number of rotatable bonds is 6. The van der Waals surface area contributed by atoms with E-state index in [0.29, 0.717) is 31.9 Å². The van der Waals surface area contributed by atoms with Crippen LogP contribution in [-0.2, 0) is 12.7 Å². The number of thiophene rings is 1. The third-order valence-corrected chi connectivity index (χ3v) is 9.67. The summed E-state index contributed by atoms with van der Waals surface area (Å²) in [6.07, 6.45) is -3.43. The number of piperazine rings is 1. The van der Waals surface area contributed by atoms with Gasteiger partial charge in [0.15, 0.2) is 0 Å². The van der Waals surface area contributed by atoms with E-state index >= 15 is 0 Å². The summed E-state index contributed by atoms with van der Waals surface area (Å²) in [5.41, 5.74) is -1.15. The van der Waals surface area contributed by atoms with Crippen LogP contribution in [0.25, 0.3) is 32.2 Å². The second-order valence-electron chi connectivity index (χ2n) is 12.0. The first-order valence-electron chi connectivity index (χ1n) is 15.4. The van der Waals surface area contributed by atoms with Gasteiger partial charge in [-0.2, -0.15) is 18.4 Å². The van der Waals surface area contributed by atoms with Crippen molar-refractivity contribution in [2.24, 2.45) is 0 Å². The predicted molar refractivity (Wildman–Crippen MR) is 184 cm³/mol. The second kappa shape index (κ2) is 13.6. The normalized spacial score (nSPS) is 14.1. The Balaban J connectivity index is 1.41. The van der Waals surface area contributed by atoms with Crippen LogP contribution in [-0.4, -0.2) is 69.2 Å². The van der Waals surface area contributed by atoms with Crippen molar-refractivity contribution in [1.29, 1.82) is 5.26 Å². The number of carboxylic acids is 1. The first kappa shape index (κ1) is 35.7. The van der Waals surface area contributed by atoms with Gasteiger partial charge in [0.2, 0.25) is 0 Å². The predicted octanol–water partition coefficient (Wildman–Crippen LogP) is 7.05. The van der Waals surface area contributed by atoms with Crippen LogP contribution >= 0.6 is 22.9 Å². The van der Waals surface area contributed by atoms with Crippen molar-refractivity contribution >= 4 is 55.7 Å². The van der Waals surface area contributed by atoms with Gasteiger partial charge in [-0.05, 0) is 37.3 Å². The fourth-order valence-electron chi connectivity index (χ4n) is 6.20. The highest BCUT2D eigenvalue weighted by Crippen LogP contribution is 2.42. The maximum Gasteiger partial charge on any atom is 0.418 e. The molecule has 4 heterocycles. The molecule has 0 radical (unpaired) electrons. The number of hydrogen-bond donors (Lipinski definition) is 1. The van der Waals surface area contributed by atoms with Crippen LogP contribution in [0.2, 0.25) is 5.02 Å². The van der Waals surface area contributed by atoms with Gasteiger partial charge in [-0.1, -0.05) is 23.4 Å². The fraction of sp³-hybridized carbons (Fsp3) is 0.286. The van der Waals surface area contributed by atoms with E-state index < -0.39 is 47.0 Å². The standard InChI is InChI=1S/C35H26ClF5N6O3S/c1-19-44-27-15-26(35(39,40)41)30(46-12-10-45(11-13-46)18-34(2,37)38)24(16-42)28(27)32(48)47(19)9-3-4-20-5-6-21(36)14-23(20)22-7-8-43-29-25(33(49)50)17-51-31(22)29/h5-8,14-15,17H,9-13,18H2,1-2H3,(H,49,50). The van der Waals surface area contributed by atoms with Crippen molar-refractivity contribution in [2.75, 3.05) is 37.6 Å². The largest absolute Gasteiger partial charge is 0.478 e. The third-order valence-electron chi connectivity index (χ3n) is 8.43. The van der Waals surface area contributed by atoms with Gasteiger partial charge in [-0.15, -0.1) is 11.3 Å². The SMILES string of the molecule is Cc1nc2cc(C(F)(F)F)c(N3CCN(CC(C)(F)F)CC3)c(C#N)c2c(=O)n1CC#Cc1ccc(Cl)cc1-c1ccnc2c(C(=O)O)csc12. The molecular weight excluding hydrogens is 715 g/mol. The minimum atomic E-state index is -4.91. The lowest BCUT2D eigenvalue weighted by Gasteiger charge is -2.38. The van der Waals surface area contributed by atoms with E-state index in [1.54, 1.807) is 30.3 Å². The van der Waals surface area contributed by atoms with Crippen molar-refractivity contribution < 1.29 is 31.9 Å². The Labute approximate surface area is 296 Å². The first-order chi connectivity index (χ1) is 24.1. The molecular formula is C35H26ClF5N6O3S. The van der Waals surface area contributed by atoms with Crippen LogP contribution in [0, 0.1) is 30.1 Å². The van der Waals surface area contributed by atoms with E-state index in [-0.39, 0.29) is 55.0 Å². The van der Waals surface area contributed by atoms with Crippen molar-refractivity contribution in [1.82, 2.24) is 19.4 Å². The van der Waals surface area contributed by atoms with Crippen molar-refractivity contribution in [2.45, 2.75) is 32.5 Å². The number of pyridine rings is 1. The van der Waals surface area contributed by atoms with Crippen LogP contribution in [0.4, 0.5) is 27.6 Å². The maximum absolute atomic E-state index is 14.4. The average Bonchev–Trinajstić information content (AvgIpc) is 3.50. The number of nitrogens with zero attached hydrogens (tertiary/aromatic N) is 6. The van der Waals surface area contributed by atoms with Gasteiger partial charge >= 0.3 is 12.1 Å². The Morgan fingerprint density at radius 3 is 2.47 bits per heavy atom. The first-order valence-corrected chi connectivity index (χ1v) is 16.6. The van der Waals surface area contributed by atoms with Gasteiger partial charge in [0.1, 0.15) is 11.9 Å². The van der Waals surface area contributed by atoms with Crippen LogP contribution in [0.5, 0.6) is 0 Å². The van der Waals surface area contributed by atoms with Crippen LogP contribution in [0.15, 0.2) is 46.7 Å². The zero-order valence-corrected chi connectivity index (χ0v) is 28.5. The molecule has 9 nitrogen and oxygen atoms in total. The van der Waals surface area contributed by atoms with E-state index in [2.05, 4.69) is 21.8 Å².